The summed E-state index contributed by atoms with van der Waals surface area (Å²) in [5.41, 5.74) is 14.3. The lowest BCUT2D eigenvalue weighted by atomic mass is 9.67. The van der Waals surface area contributed by atoms with Gasteiger partial charge in [0.2, 0.25) is 0 Å². The third kappa shape index (κ3) is 3.94. The summed E-state index contributed by atoms with van der Waals surface area (Å²) in [4.78, 5) is 0. The molecule has 0 atom stereocenters. The summed E-state index contributed by atoms with van der Waals surface area (Å²) in [7, 11) is 0. The van der Waals surface area contributed by atoms with E-state index in [-0.39, 0.29) is 5.41 Å². The lowest BCUT2D eigenvalue weighted by molar-refractivity contribution is 0.645. The van der Waals surface area contributed by atoms with Crippen molar-refractivity contribution in [1.82, 2.24) is 0 Å². The van der Waals surface area contributed by atoms with Crippen LogP contribution in [0.25, 0.3) is 98.8 Å². The van der Waals surface area contributed by atoms with Crippen molar-refractivity contribution in [1.29, 1.82) is 0 Å². The third-order valence-corrected chi connectivity index (χ3v) is 11.7. The van der Waals surface area contributed by atoms with Gasteiger partial charge in [-0.05, 0) is 76.8 Å². The van der Waals surface area contributed by atoms with Crippen molar-refractivity contribution in [2.75, 3.05) is 0 Å². The Morgan fingerprint density at radius 1 is 0.327 bits per heavy atom. The van der Waals surface area contributed by atoms with Crippen molar-refractivity contribution in [3.63, 3.8) is 0 Å². The molecule has 0 saturated heterocycles. The summed E-state index contributed by atoms with van der Waals surface area (Å²) in [6, 6.07) is 62.2. The lowest BCUT2D eigenvalue weighted by Gasteiger charge is -2.36. The predicted octanol–water partition coefficient (Wildman–Crippen LogP) is 14.4. The summed E-state index contributed by atoms with van der Waals surface area (Å²) < 4.78 is 6.90. The van der Waals surface area contributed by atoms with E-state index < -0.39 is 0 Å². The van der Waals surface area contributed by atoms with Crippen LogP contribution < -0.4 is 0 Å². The molecule has 1 heteroatoms. The molecule has 52 heavy (non-hydrogen) atoms. The second kappa shape index (κ2) is 10.8. The summed E-state index contributed by atoms with van der Waals surface area (Å²) in [6.45, 7) is 4.76. The maximum Gasteiger partial charge on any atom is 0.143 e. The average Bonchev–Trinajstić information content (AvgIpc) is 3.59. The van der Waals surface area contributed by atoms with Crippen molar-refractivity contribution in [2.24, 2.45) is 0 Å². The zero-order valence-corrected chi connectivity index (χ0v) is 29.1. The number of para-hydroxylation sites is 2. The Balaban J connectivity index is 1.20. The van der Waals surface area contributed by atoms with Gasteiger partial charge in [-0.3, -0.25) is 0 Å². The molecule has 1 aliphatic rings. The van der Waals surface area contributed by atoms with Crippen molar-refractivity contribution < 1.29 is 4.42 Å². The average molecular weight is 663 g/mol. The standard InChI is InChI=1S/C51H34O/c1-51(2)44-27-11-10-21-42(44)47-37-20-9-8-19-36(37)46(43-26-14-28-45(51)48(43)47)38-30-29-35(33-17-6-7-18-34(33)38)39-23-13-25-41-40-24-12-22-32(49(40)52-50(39)41)31-15-4-3-5-16-31/h3-30H,1-2H3. The topological polar surface area (TPSA) is 13.1 Å². The normalized spacial score (nSPS) is 13.3. The Hall–Kier alpha value is -6.44. The van der Waals surface area contributed by atoms with Crippen molar-refractivity contribution in [3.05, 3.63) is 181 Å². The zero-order chi connectivity index (χ0) is 34.6. The van der Waals surface area contributed by atoms with Crippen LogP contribution in [0.4, 0.5) is 0 Å². The van der Waals surface area contributed by atoms with Gasteiger partial charge >= 0.3 is 0 Å². The molecule has 1 aliphatic carbocycles. The van der Waals surface area contributed by atoms with Gasteiger partial charge in [0, 0.05) is 27.3 Å². The van der Waals surface area contributed by atoms with E-state index in [4.69, 9.17) is 4.42 Å². The maximum absolute atomic E-state index is 6.90. The highest BCUT2D eigenvalue weighted by atomic mass is 16.3. The third-order valence-electron chi connectivity index (χ3n) is 11.7. The minimum absolute atomic E-state index is 0.125. The van der Waals surface area contributed by atoms with Crippen molar-refractivity contribution in [2.45, 2.75) is 19.3 Å². The Bertz CT molecular complexity index is 3090. The van der Waals surface area contributed by atoms with Crippen molar-refractivity contribution >= 4 is 54.3 Å². The Kier molecular flexibility index (Phi) is 6.08. The summed E-state index contributed by atoms with van der Waals surface area (Å²) >= 11 is 0. The molecule has 1 heterocycles. The van der Waals surface area contributed by atoms with Crippen LogP contribution in [0.15, 0.2) is 174 Å². The summed E-state index contributed by atoms with van der Waals surface area (Å²) in [5, 5.41) is 9.98. The fourth-order valence-corrected chi connectivity index (χ4v) is 9.34. The van der Waals surface area contributed by atoms with Crippen LogP contribution in [0, 0.1) is 0 Å². The van der Waals surface area contributed by atoms with Gasteiger partial charge in [-0.25, -0.2) is 0 Å². The first kappa shape index (κ1) is 29.3. The van der Waals surface area contributed by atoms with Crippen LogP contribution in [0.2, 0.25) is 0 Å². The van der Waals surface area contributed by atoms with Gasteiger partial charge < -0.3 is 4.42 Å². The van der Waals surface area contributed by atoms with Crippen LogP contribution in [0.5, 0.6) is 0 Å². The van der Waals surface area contributed by atoms with E-state index in [9.17, 15) is 0 Å². The molecule has 9 aromatic carbocycles. The largest absolute Gasteiger partial charge is 0.455 e. The first-order valence-electron chi connectivity index (χ1n) is 18.2. The van der Waals surface area contributed by atoms with Gasteiger partial charge in [0.15, 0.2) is 0 Å². The van der Waals surface area contributed by atoms with E-state index in [0.29, 0.717) is 0 Å². The van der Waals surface area contributed by atoms with E-state index in [0.717, 1.165) is 38.6 Å². The molecule has 0 saturated carbocycles. The molecule has 0 radical (unpaired) electrons. The van der Waals surface area contributed by atoms with Crippen LogP contribution in [0.1, 0.15) is 25.0 Å². The Morgan fingerprint density at radius 2 is 0.827 bits per heavy atom. The predicted molar refractivity (Wildman–Crippen MR) is 220 cm³/mol. The molecular formula is C51H34O. The molecular weight excluding hydrogens is 629 g/mol. The van der Waals surface area contributed by atoms with Crippen LogP contribution >= 0.6 is 0 Å². The minimum atomic E-state index is -0.125. The number of fused-ring (bicyclic) bond motifs is 8. The molecule has 1 nitrogen and oxygen atoms in total. The number of furan rings is 1. The van der Waals surface area contributed by atoms with Gasteiger partial charge in [0.1, 0.15) is 11.2 Å². The minimum Gasteiger partial charge on any atom is -0.455 e. The van der Waals surface area contributed by atoms with Gasteiger partial charge in [-0.2, -0.15) is 0 Å². The van der Waals surface area contributed by atoms with E-state index in [1.807, 2.05) is 0 Å². The van der Waals surface area contributed by atoms with Gasteiger partial charge in [-0.15, -0.1) is 0 Å². The number of hydrogen-bond donors (Lipinski definition) is 0. The van der Waals surface area contributed by atoms with E-state index in [1.165, 1.54) is 71.3 Å². The van der Waals surface area contributed by atoms with Crippen molar-refractivity contribution in [3.8, 4) is 44.5 Å². The van der Waals surface area contributed by atoms with Crippen LogP contribution in [-0.4, -0.2) is 0 Å². The van der Waals surface area contributed by atoms with E-state index in [2.05, 4.69) is 184 Å². The van der Waals surface area contributed by atoms with E-state index >= 15 is 0 Å². The number of benzene rings is 9. The molecule has 11 rings (SSSR count). The molecule has 0 bridgehead atoms. The number of rotatable bonds is 3. The molecule has 0 spiro atoms. The van der Waals surface area contributed by atoms with Crippen LogP contribution in [-0.2, 0) is 5.41 Å². The van der Waals surface area contributed by atoms with Gasteiger partial charge in [-0.1, -0.05) is 184 Å². The highest BCUT2D eigenvalue weighted by Gasteiger charge is 2.35. The molecule has 10 aromatic rings. The Labute approximate surface area is 302 Å². The highest BCUT2D eigenvalue weighted by molar-refractivity contribution is 6.26. The fraction of sp³-hybridized carbons (Fsp3) is 0.0588. The first-order valence-corrected chi connectivity index (χ1v) is 18.2. The number of hydrogen-bond acceptors (Lipinski definition) is 1. The Morgan fingerprint density at radius 3 is 1.60 bits per heavy atom. The second-order valence-electron chi connectivity index (χ2n) is 14.7. The molecule has 0 N–H and O–H groups in total. The highest BCUT2D eigenvalue weighted by Crippen LogP contribution is 2.54. The quantitative estimate of drug-likeness (QED) is 0.172. The molecule has 0 fully saturated rings. The molecule has 0 aliphatic heterocycles. The lowest BCUT2D eigenvalue weighted by Crippen LogP contribution is -2.23. The smallest absolute Gasteiger partial charge is 0.143 e. The monoisotopic (exact) mass is 662 g/mol. The van der Waals surface area contributed by atoms with E-state index in [1.54, 1.807) is 0 Å². The van der Waals surface area contributed by atoms with Gasteiger partial charge in [0.05, 0.1) is 0 Å². The molecule has 1 aromatic heterocycles. The maximum atomic E-state index is 6.90. The second-order valence-corrected chi connectivity index (χ2v) is 14.7. The SMILES string of the molecule is CC1(C)c2ccccc2-c2c3ccccc3c(-c3ccc(-c4cccc5c4oc4c(-c6ccccc6)cccc45)c4ccccc34)c3cccc1c23. The van der Waals surface area contributed by atoms with Gasteiger partial charge in [0.25, 0.3) is 0 Å². The first-order chi connectivity index (χ1) is 25.6. The van der Waals surface area contributed by atoms with Crippen LogP contribution in [0.3, 0.4) is 0 Å². The zero-order valence-electron chi connectivity index (χ0n) is 29.1. The molecule has 244 valence electrons. The summed E-state index contributed by atoms with van der Waals surface area (Å²) in [6.07, 6.45) is 0. The molecule has 0 unspecified atom stereocenters. The fourth-order valence-electron chi connectivity index (χ4n) is 9.34. The summed E-state index contributed by atoms with van der Waals surface area (Å²) in [5.74, 6) is 0. The molecule has 0 amide bonds.